The van der Waals surface area contributed by atoms with Crippen LogP contribution in [0.15, 0.2) is 48.5 Å². The minimum Gasteiger partial charge on any atom is -0.480 e. The van der Waals surface area contributed by atoms with Gasteiger partial charge in [-0.25, -0.2) is 9.59 Å². The van der Waals surface area contributed by atoms with Gasteiger partial charge >= 0.3 is 12.1 Å². The zero-order chi connectivity index (χ0) is 24.8. The molecule has 2 aliphatic rings. The van der Waals surface area contributed by atoms with E-state index in [4.69, 9.17) is 9.47 Å². The fourth-order valence-corrected chi connectivity index (χ4v) is 5.21. The van der Waals surface area contributed by atoms with Gasteiger partial charge in [-0.15, -0.1) is 0 Å². The van der Waals surface area contributed by atoms with Crippen molar-refractivity contribution in [3.8, 4) is 11.1 Å². The summed E-state index contributed by atoms with van der Waals surface area (Å²) in [5.41, 5.74) is 4.59. The lowest BCUT2D eigenvalue weighted by molar-refractivity contribution is -0.144. The van der Waals surface area contributed by atoms with E-state index in [0.717, 1.165) is 22.3 Å². The second-order valence-electron chi connectivity index (χ2n) is 8.73. The zero-order valence-electron chi connectivity index (χ0n) is 19.6. The monoisotopic (exact) mass is 498 g/mol. The lowest BCUT2D eigenvalue weighted by atomic mass is 9.98. The van der Waals surface area contributed by atoms with E-state index in [1.165, 1.54) is 11.8 Å². The van der Waals surface area contributed by atoms with Gasteiger partial charge in [0.25, 0.3) is 0 Å². The predicted octanol–water partition coefficient (Wildman–Crippen LogP) is 3.25. The number of carbonyl (C=O) groups excluding carboxylic acids is 2. The summed E-state index contributed by atoms with van der Waals surface area (Å²) in [7, 11) is 0. The fraction of sp³-hybridized carbons (Fsp3) is 0.423. The van der Waals surface area contributed by atoms with E-state index in [1.807, 2.05) is 30.5 Å². The predicted molar refractivity (Wildman–Crippen MR) is 133 cm³/mol. The van der Waals surface area contributed by atoms with Gasteiger partial charge in [-0.05, 0) is 47.1 Å². The van der Waals surface area contributed by atoms with Crippen molar-refractivity contribution >= 4 is 29.7 Å². The van der Waals surface area contributed by atoms with E-state index >= 15 is 0 Å². The molecule has 0 bridgehead atoms. The Morgan fingerprint density at radius 2 is 1.77 bits per heavy atom. The minimum absolute atomic E-state index is 0.0317. The van der Waals surface area contributed by atoms with E-state index in [0.29, 0.717) is 25.2 Å². The van der Waals surface area contributed by atoms with Crippen molar-refractivity contribution in [3.63, 3.8) is 0 Å². The highest BCUT2D eigenvalue weighted by molar-refractivity contribution is 7.98. The van der Waals surface area contributed by atoms with E-state index in [1.54, 1.807) is 0 Å². The summed E-state index contributed by atoms with van der Waals surface area (Å²) in [6.45, 7) is 0.787. The molecule has 0 spiro atoms. The van der Waals surface area contributed by atoms with Crippen LogP contribution in [-0.4, -0.2) is 67.0 Å². The molecule has 1 aliphatic carbocycles. The van der Waals surface area contributed by atoms with Gasteiger partial charge < -0.3 is 25.2 Å². The maximum absolute atomic E-state index is 12.7. The third-order valence-corrected chi connectivity index (χ3v) is 7.19. The first kappa shape index (κ1) is 25.1. The SMILES string of the molecule is CSCC[C@@H](NC(=O)C1OCCC1CNC(=O)OCC1c2ccccc2-c2ccccc21)C(=O)O. The molecule has 1 fully saturated rings. The van der Waals surface area contributed by atoms with Crippen LogP contribution in [0.5, 0.6) is 0 Å². The average Bonchev–Trinajstić information content (AvgIpc) is 3.46. The summed E-state index contributed by atoms with van der Waals surface area (Å²) in [6.07, 6.45) is 1.44. The summed E-state index contributed by atoms with van der Waals surface area (Å²) in [5, 5.41) is 14.7. The number of aliphatic carboxylic acids is 1. The summed E-state index contributed by atoms with van der Waals surface area (Å²) in [4.78, 5) is 36.6. The Kier molecular flexibility index (Phi) is 8.30. The highest BCUT2D eigenvalue weighted by Crippen LogP contribution is 2.44. The van der Waals surface area contributed by atoms with Gasteiger partial charge in [-0.3, -0.25) is 4.79 Å². The maximum atomic E-state index is 12.7. The van der Waals surface area contributed by atoms with Crippen LogP contribution >= 0.6 is 11.8 Å². The average molecular weight is 499 g/mol. The van der Waals surface area contributed by atoms with Crippen LogP contribution in [0, 0.1) is 5.92 Å². The lowest BCUT2D eigenvalue weighted by Crippen LogP contribution is -2.48. The number of rotatable bonds is 10. The quantitative estimate of drug-likeness (QED) is 0.461. The molecular formula is C26H30N2O6S. The first-order valence-corrected chi connectivity index (χ1v) is 13.1. The molecule has 2 aromatic carbocycles. The largest absolute Gasteiger partial charge is 0.480 e. The highest BCUT2D eigenvalue weighted by Gasteiger charge is 2.36. The Labute approximate surface area is 208 Å². The zero-order valence-corrected chi connectivity index (χ0v) is 20.4. The number of nitrogens with one attached hydrogen (secondary N) is 2. The molecule has 9 heteroatoms. The number of hydrogen-bond acceptors (Lipinski definition) is 6. The van der Waals surface area contributed by atoms with Gasteiger partial charge in [0.1, 0.15) is 18.8 Å². The molecule has 2 aromatic rings. The molecule has 1 saturated heterocycles. The third-order valence-electron chi connectivity index (χ3n) is 6.55. The molecular weight excluding hydrogens is 468 g/mol. The Balaban J connectivity index is 1.29. The van der Waals surface area contributed by atoms with Gasteiger partial charge in [0.2, 0.25) is 5.91 Å². The Morgan fingerprint density at radius 1 is 1.11 bits per heavy atom. The van der Waals surface area contributed by atoms with Crippen LogP contribution in [-0.2, 0) is 19.1 Å². The lowest BCUT2D eigenvalue weighted by Gasteiger charge is -2.21. The molecule has 0 aromatic heterocycles. The topological polar surface area (TPSA) is 114 Å². The van der Waals surface area contributed by atoms with Crippen LogP contribution in [0.3, 0.4) is 0 Å². The molecule has 0 radical (unpaired) electrons. The molecule has 186 valence electrons. The molecule has 0 saturated carbocycles. The fourth-order valence-electron chi connectivity index (χ4n) is 4.74. The maximum Gasteiger partial charge on any atom is 0.407 e. The van der Waals surface area contributed by atoms with Crippen LogP contribution in [0.2, 0.25) is 0 Å². The van der Waals surface area contributed by atoms with Crippen LogP contribution in [0.1, 0.15) is 29.9 Å². The Hall–Kier alpha value is -3.04. The van der Waals surface area contributed by atoms with Gasteiger partial charge in [0, 0.05) is 25.0 Å². The van der Waals surface area contributed by atoms with E-state index < -0.39 is 30.1 Å². The minimum atomic E-state index is -1.07. The van der Waals surface area contributed by atoms with Crippen molar-refractivity contribution in [2.24, 2.45) is 5.92 Å². The third kappa shape index (κ3) is 5.79. The number of benzene rings is 2. The van der Waals surface area contributed by atoms with Crippen LogP contribution < -0.4 is 10.6 Å². The molecule has 1 heterocycles. The van der Waals surface area contributed by atoms with Gasteiger partial charge in [0.15, 0.2) is 0 Å². The van der Waals surface area contributed by atoms with Gasteiger partial charge in [0.05, 0.1) is 0 Å². The van der Waals surface area contributed by atoms with Crippen molar-refractivity contribution in [3.05, 3.63) is 59.7 Å². The summed E-state index contributed by atoms with van der Waals surface area (Å²) >= 11 is 1.52. The summed E-state index contributed by atoms with van der Waals surface area (Å²) in [5.74, 6) is -1.20. The number of carbonyl (C=O) groups is 3. The Bertz CT molecular complexity index is 1030. The van der Waals surface area contributed by atoms with Crippen LogP contribution in [0.25, 0.3) is 11.1 Å². The van der Waals surface area contributed by atoms with Gasteiger partial charge in [-0.2, -0.15) is 11.8 Å². The van der Waals surface area contributed by atoms with Crippen molar-refractivity contribution in [2.45, 2.75) is 30.9 Å². The summed E-state index contributed by atoms with van der Waals surface area (Å²) in [6, 6.07) is 15.3. The highest BCUT2D eigenvalue weighted by atomic mass is 32.2. The molecule has 8 nitrogen and oxygen atoms in total. The van der Waals surface area contributed by atoms with Crippen molar-refractivity contribution < 1.29 is 29.0 Å². The number of amides is 2. The number of alkyl carbamates (subject to hydrolysis) is 1. The second-order valence-corrected chi connectivity index (χ2v) is 9.71. The van der Waals surface area contributed by atoms with E-state index in [9.17, 15) is 19.5 Å². The number of ether oxygens (including phenoxy) is 2. The van der Waals surface area contributed by atoms with Crippen molar-refractivity contribution in [1.29, 1.82) is 0 Å². The van der Waals surface area contributed by atoms with Gasteiger partial charge in [-0.1, -0.05) is 48.5 Å². The van der Waals surface area contributed by atoms with Crippen molar-refractivity contribution in [2.75, 3.05) is 31.8 Å². The molecule has 2 unspecified atom stereocenters. The van der Waals surface area contributed by atoms with Crippen LogP contribution in [0.4, 0.5) is 4.79 Å². The molecule has 4 rings (SSSR count). The van der Waals surface area contributed by atoms with E-state index in [2.05, 4.69) is 34.9 Å². The smallest absolute Gasteiger partial charge is 0.407 e. The Morgan fingerprint density at radius 3 is 2.40 bits per heavy atom. The van der Waals surface area contributed by atoms with E-state index in [-0.39, 0.29) is 25.0 Å². The number of thioether (sulfide) groups is 1. The number of hydrogen-bond donors (Lipinski definition) is 3. The number of carboxylic acid groups (broad SMARTS) is 1. The standard InChI is InChI=1S/C26H30N2O6S/c1-35-13-11-22(25(30)31)28-24(29)23-16(10-12-33-23)14-27-26(32)34-15-21-19-8-4-2-6-17(19)18-7-3-5-9-20(18)21/h2-9,16,21-23H,10-15H2,1H3,(H,27,32)(H,28,29)(H,30,31)/t16?,22-,23?/m1/s1. The summed E-state index contributed by atoms with van der Waals surface area (Å²) < 4.78 is 11.1. The first-order valence-electron chi connectivity index (χ1n) is 11.7. The molecule has 2 amide bonds. The first-order chi connectivity index (χ1) is 17.0. The molecule has 1 aliphatic heterocycles. The molecule has 3 atom stereocenters. The number of carboxylic acids is 1. The number of fused-ring (bicyclic) bond motifs is 3. The molecule has 3 N–H and O–H groups in total. The van der Waals surface area contributed by atoms with Crippen molar-refractivity contribution in [1.82, 2.24) is 10.6 Å². The normalized spacial score (nSPS) is 19.5. The molecule has 35 heavy (non-hydrogen) atoms. The second kappa shape index (κ2) is 11.6.